The second kappa shape index (κ2) is 3.71. The largest absolute Gasteiger partial charge is 0.448 e. The molecule has 1 aliphatic rings. The van der Waals surface area contributed by atoms with E-state index in [4.69, 9.17) is 4.74 Å². The molecule has 1 unspecified atom stereocenters. The maximum atomic E-state index is 11.6. The van der Waals surface area contributed by atoms with Gasteiger partial charge in [-0.25, -0.2) is 4.79 Å². The fourth-order valence-electron chi connectivity index (χ4n) is 1.83. The Balaban J connectivity index is 2.10. The summed E-state index contributed by atoms with van der Waals surface area (Å²) >= 11 is 5.00. The Hall–Kier alpha value is -1.13. The SMILES string of the molecule is O=C1OC(c2ccc(Br)s2)c2ccccc21. The highest BCUT2D eigenvalue weighted by Crippen LogP contribution is 2.39. The van der Waals surface area contributed by atoms with E-state index in [0.29, 0.717) is 5.56 Å². The normalized spacial score (nSPS) is 18.3. The Bertz CT molecular complexity index is 562. The zero-order valence-electron chi connectivity index (χ0n) is 8.14. The number of fused-ring (bicyclic) bond motifs is 1. The second-order valence-electron chi connectivity index (χ2n) is 3.51. The molecule has 0 fully saturated rings. The Labute approximate surface area is 105 Å². The van der Waals surface area contributed by atoms with Gasteiger partial charge in [-0.3, -0.25) is 0 Å². The topological polar surface area (TPSA) is 26.3 Å². The van der Waals surface area contributed by atoms with Crippen LogP contribution in [0.25, 0.3) is 0 Å². The standard InChI is InChI=1S/C12H7BrO2S/c13-10-6-5-9(16-10)11-7-3-1-2-4-8(7)12(14)15-11/h1-6,11H. The van der Waals surface area contributed by atoms with Gasteiger partial charge in [0.1, 0.15) is 0 Å². The Morgan fingerprint density at radius 3 is 2.75 bits per heavy atom. The average Bonchev–Trinajstić information content (AvgIpc) is 2.84. The third kappa shape index (κ3) is 1.49. The predicted octanol–water partition coefficient (Wildman–Crippen LogP) is 3.77. The third-order valence-corrected chi connectivity index (χ3v) is 4.21. The number of carbonyl (C=O) groups is 1. The van der Waals surface area contributed by atoms with Gasteiger partial charge >= 0.3 is 5.97 Å². The Kier molecular flexibility index (Phi) is 2.33. The number of hydrogen-bond acceptors (Lipinski definition) is 3. The highest BCUT2D eigenvalue weighted by molar-refractivity contribution is 9.11. The first-order valence-corrected chi connectivity index (χ1v) is 6.42. The first-order chi connectivity index (χ1) is 7.75. The van der Waals surface area contributed by atoms with Crippen LogP contribution in [0.5, 0.6) is 0 Å². The van der Waals surface area contributed by atoms with E-state index in [1.54, 1.807) is 17.4 Å². The molecule has 0 aliphatic carbocycles. The van der Waals surface area contributed by atoms with Crippen molar-refractivity contribution in [2.75, 3.05) is 0 Å². The van der Waals surface area contributed by atoms with Gasteiger partial charge in [0.05, 0.1) is 14.2 Å². The molecule has 80 valence electrons. The maximum absolute atomic E-state index is 11.6. The minimum absolute atomic E-state index is 0.231. The Morgan fingerprint density at radius 1 is 1.19 bits per heavy atom. The smallest absolute Gasteiger partial charge is 0.339 e. The highest BCUT2D eigenvalue weighted by Gasteiger charge is 2.32. The summed E-state index contributed by atoms with van der Waals surface area (Å²) in [5.41, 5.74) is 1.64. The van der Waals surface area contributed by atoms with Gasteiger partial charge in [-0.2, -0.15) is 0 Å². The van der Waals surface area contributed by atoms with E-state index in [0.717, 1.165) is 14.2 Å². The summed E-state index contributed by atoms with van der Waals surface area (Å²) in [5, 5.41) is 0. The molecule has 1 atom stereocenters. The lowest BCUT2D eigenvalue weighted by Crippen LogP contribution is -1.97. The summed E-state index contributed by atoms with van der Waals surface area (Å²) in [7, 11) is 0. The van der Waals surface area contributed by atoms with Crippen LogP contribution in [0.3, 0.4) is 0 Å². The number of halogens is 1. The first kappa shape index (κ1) is 10.1. The van der Waals surface area contributed by atoms with Crippen molar-refractivity contribution in [3.63, 3.8) is 0 Å². The molecule has 16 heavy (non-hydrogen) atoms. The number of rotatable bonds is 1. The molecule has 0 spiro atoms. The second-order valence-corrected chi connectivity index (χ2v) is 6.01. The van der Waals surface area contributed by atoms with Gasteiger partial charge in [-0.15, -0.1) is 11.3 Å². The zero-order valence-corrected chi connectivity index (χ0v) is 10.5. The van der Waals surface area contributed by atoms with Crippen molar-refractivity contribution >= 4 is 33.2 Å². The van der Waals surface area contributed by atoms with Crippen LogP contribution in [0.15, 0.2) is 40.2 Å². The van der Waals surface area contributed by atoms with Gasteiger partial charge < -0.3 is 4.74 Å². The molecule has 0 radical (unpaired) electrons. The lowest BCUT2D eigenvalue weighted by atomic mass is 10.0. The number of esters is 1. The highest BCUT2D eigenvalue weighted by atomic mass is 79.9. The van der Waals surface area contributed by atoms with Crippen LogP contribution < -0.4 is 0 Å². The van der Waals surface area contributed by atoms with Crippen LogP contribution in [0.2, 0.25) is 0 Å². The van der Waals surface area contributed by atoms with Crippen LogP contribution in [0.1, 0.15) is 26.9 Å². The van der Waals surface area contributed by atoms with Gasteiger partial charge in [-0.05, 0) is 34.1 Å². The molecule has 0 N–H and O–H groups in total. The van der Waals surface area contributed by atoms with Gasteiger partial charge in [0.25, 0.3) is 0 Å². The van der Waals surface area contributed by atoms with Gasteiger partial charge in [0, 0.05) is 5.56 Å². The first-order valence-electron chi connectivity index (χ1n) is 4.81. The summed E-state index contributed by atoms with van der Waals surface area (Å²) in [5.74, 6) is -0.231. The van der Waals surface area contributed by atoms with Crippen LogP contribution in [0.4, 0.5) is 0 Å². The van der Waals surface area contributed by atoms with Crippen LogP contribution in [-0.4, -0.2) is 5.97 Å². The Morgan fingerprint density at radius 2 is 2.00 bits per heavy atom. The maximum Gasteiger partial charge on any atom is 0.339 e. The molecule has 2 nitrogen and oxygen atoms in total. The van der Waals surface area contributed by atoms with Crippen molar-refractivity contribution in [2.45, 2.75) is 6.10 Å². The summed E-state index contributed by atoms with van der Waals surface area (Å²) < 4.78 is 6.43. The monoisotopic (exact) mass is 294 g/mol. The van der Waals surface area contributed by atoms with Gasteiger partial charge in [0.2, 0.25) is 0 Å². The summed E-state index contributed by atoms with van der Waals surface area (Å²) in [6.45, 7) is 0. The van der Waals surface area contributed by atoms with E-state index in [1.807, 2.05) is 30.3 Å². The van der Waals surface area contributed by atoms with E-state index in [2.05, 4.69) is 15.9 Å². The molecule has 0 saturated carbocycles. The number of ether oxygens (including phenoxy) is 1. The van der Waals surface area contributed by atoms with Crippen molar-refractivity contribution in [1.29, 1.82) is 0 Å². The molecular formula is C12H7BrO2S. The predicted molar refractivity (Wildman–Crippen MR) is 65.7 cm³/mol. The lowest BCUT2D eigenvalue weighted by molar-refractivity contribution is 0.0461. The van der Waals surface area contributed by atoms with Crippen LogP contribution in [-0.2, 0) is 4.74 Å². The summed E-state index contributed by atoms with van der Waals surface area (Å²) in [4.78, 5) is 12.7. The molecular weight excluding hydrogens is 288 g/mol. The average molecular weight is 295 g/mol. The minimum Gasteiger partial charge on any atom is -0.448 e. The van der Waals surface area contributed by atoms with Gasteiger partial charge in [0.15, 0.2) is 6.10 Å². The molecule has 4 heteroatoms. The zero-order chi connectivity index (χ0) is 11.1. The fraction of sp³-hybridized carbons (Fsp3) is 0.0833. The van der Waals surface area contributed by atoms with E-state index in [-0.39, 0.29) is 12.1 Å². The minimum atomic E-state index is -0.236. The van der Waals surface area contributed by atoms with Crippen molar-refractivity contribution in [3.05, 3.63) is 56.2 Å². The molecule has 2 heterocycles. The quantitative estimate of drug-likeness (QED) is 0.749. The van der Waals surface area contributed by atoms with Gasteiger partial charge in [-0.1, -0.05) is 18.2 Å². The van der Waals surface area contributed by atoms with Crippen molar-refractivity contribution in [2.24, 2.45) is 0 Å². The van der Waals surface area contributed by atoms with Crippen molar-refractivity contribution in [3.8, 4) is 0 Å². The number of carbonyl (C=O) groups excluding carboxylic acids is 1. The molecule has 0 saturated heterocycles. The molecule has 0 bridgehead atoms. The fourth-order valence-corrected chi connectivity index (χ4v) is 3.30. The molecule has 0 amide bonds. The van der Waals surface area contributed by atoms with E-state index >= 15 is 0 Å². The molecule has 1 aromatic heterocycles. The molecule has 2 aromatic rings. The summed E-state index contributed by atoms with van der Waals surface area (Å²) in [6, 6.07) is 11.5. The third-order valence-electron chi connectivity index (χ3n) is 2.54. The molecule has 1 aromatic carbocycles. The van der Waals surface area contributed by atoms with Crippen LogP contribution in [0, 0.1) is 0 Å². The van der Waals surface area contributed by atoms with E-state index < -0.39 is 0 Å². The number of hydrogen-bond donors (Lipinski definition) is 0. The summed E-state index contributed by atoms with van der Waals surface area (Å²) in [6.07, 6.45) is -0.236. The lowest BCUT2D eigenvalue weighted by Gasteiger charge is -2.07. The number of cyclic esters (lactones) is 1. The van der Waals surface area contributed by atoms with Crippen molar-refractivity contribution < 1.29 is 9.53 Å². The van der Waals surface area contributed by atoms with E-state index in [9.17, 15) is 4.79 Å². The van der Waals surface area contributed by atoms with Crippen molar-refractivity contribution in [1.82, 2.24) is 0 Å². The molecule has 1 aliphatic heterocycles. The molecule has 3 rings (SSSR count). The number of thiophene rings is 1. The van der Waals surface area contributed by atoms with Crippen LogP contribution >= 0.6 is 27.3 Å². The number of benzene rings is 1. The van der Waals surface area contributed by atoms with E-state index in [1.165, 1.54) is 0 Å².